The van der Waals surface area contributed by atoms with Crippen LogP contribution in [0.4, 0.5) is 8.78 Å². The fraction of sp³-hybridized carbons (Fsp3) is 0.417. The van der Waals surface area contributed by atoms with E-state index in [1.165, 1.54) is 6.07 Å². The molecule has 0 amide bonds. The first-order chi connectivity index (χ1) is 8.02. The van der Waals surface area contributed by atoms with Crippen LogP contribution < -0.4 is 5.73 Å². The summed E-state index contributed by atoms with van der Waals surface area (Å²) in [7, 11) is 0. The lowest BCUT2D eigenvalue weighted by Gasteiger charge is -2.14. The average molecular weight is 306 g/mol. The van der Waals surface area contributed by atoms with E-state index in [1.807, 2.05) is 6.92 Å². The van der Waals surface area contributed by atoms with Crippen molar-refractivity contribution in [1.29, 1.82) is 0 Å². The van der Waals surface area contributed by atoms with E-state index < -0.39 is 28.9 Å². The molecule has 17 heavy (non-hydrogen) atoms. The number of carbonyl (C=O) groups excluding carboxylic acids is 1. The molecule has 0 bridgehead atoms. The van der Waals surface area contributed by atoms with Gasteiger partial charge in [-0.3, -0.25) is 4.79 Å². The summed E-state index contributed by atoms with van der Waals surface area (Å²) >= 11 is 2.93. The number of rotatable bonds is 5. The van der Waals surface area contributed by atoms with Crippen LogP contribution in [0.5, 0.6) is 0 Å². The molecule has 0 aliphatic carbocycles. The van der Waals surface area contributed by atoms with Gasteiger partial charge in [0.2, 0.25) is 0 Å². The maximum Gasteiger partial charge on any atom is 0.173 e. The second-order valence-corrected chi connectivity index (χ2v) is 4.66. The van der Waals surface area contributed by atoms with Crippen molar-refractivity contribution >= 4 is 21.7 Å². The monoisotopic (exact) mass is 305 g/mol. The number of hydrogen-bond acceptors (Lipinski definition) is 2. The van der Waals surface area contributed by atoms with Gasteiger partial charge >= 0.3 is 0 Å². The molecular weight excluding hydrogens is 292 g/mol. The number of nitrogens with two attached hydrogens (primary N) is 1. The molecule has 0 heterocycles. The van der Waals surface area contributed by atoms with Crippen molar-refractivity contribution in [2.75, 3.05) is 6.54 Å². The maximum atomic E-state index is 13.7. The van der Waals surface area contributed by atoms with Crippen LogP contribution in [0.3, 0.4) is 0 Å². The van der Waals surface area contributed by atoms with Gasteiger partial charge in [-0.25, -0.2) is 8.78 Å². The van der Waals surface area contributed by atoms with E-state index in [9.17, 15) is 13.6 Å². The Bertz CT molecular complexity index is 423. The zero-order valence-corrected chi connectivity index (χ0v) is 11.1. The van der Waals surface area contributed by atoms with Gasteiger partial charge in [0.25, 0.3) is 0 Å². The molecule has 5 heteroatoms. The van der Waals surface area contributed by atoms with Crippen LogP contribution in [0.25, 0.3) is 0 Å². The molecular formula is C12H14BrF2NO. The molecule has 0 aromatic heterocycles. The predicted molar refractivity (Wildman–Crippen MR) is 65.8 cm³/mol. The second-order valence-electron chi connectivity index (χ2n) is 3.80. The highest BCUT2D eigenvalue weighted by Gasteiger charge is 2.25. The standard InChI is InChI=1S/C12H14BrF2NO/c1-2-3-7(6-16)12(17)10-9(14)5-4-8(13)11(10)15/h4-5,7H,2-3,6,16H2,1H3. The Morgan fingerprint density at radius 3 is 2.65 bits per heavy atom. The zero-order chi connectivity index (χ0) is 13.0. The number of hydrogen-bond donors (Lipinski definition) is 1. The number of ketones is 1. The van der Waals surface area contributed by atoms with Gasteiger partial charge in [-0.15, -0.1) is 0 Å². The van der Waals surface area contributed by atoms with Crippen LogP contribution in [0.2, 0.25) is 0 Å². The summed E-state index contributed by atoms with van der Waals surface area (Å²) in [5.74, 6) is -2.79. The van der Waals surface area contributed by atoms with Crippen molar-refractivity contribution in [1.82, 2.24) is 0 Å². The highest BCUT2D eigenvalue weighted by molar-refractivity contribution is 9.10. The molecule has 94 valence electrons. The van der Waals surface area contributed by atoms with Crippen molar-refractivity contribution in [2.45, 2.75) is 19.8 Å². The first-order valence-electron chi connectivity index (χ1n) is 5.40. The van der Waals surface area contributed by atoms with Gasteiger partial charge in [0.1, 0.15) is 5.82 Å². The third-order valence-electron chi connectivity index (χ3n) is 2.58. The first-order valence-corrected chi connectivity index (χ1v) is 6.20. The Balaban J connectivity index is 3.15. The van der Waals surface area contributed by atoms with Gasteiger partial charge in [0.15, 0.2) is 11.6 Å². The fourth-order valence-corrected chi connectivity index (χ4v) is 1.99. The smallest absolute Gasteiger partial charge is 0.173 e. The molecule has 0 spiro atoms. The minimum Gasteiger partial charge on any atom is -0.330 e. The summed E-state index contributed by atoms with van der Waals surface area (Å²) < 4.78 is 27.3. The Hall–Kier alpha value is -0.810. The van der Waals surface area contributed by atoms with Gasteiger partial charge in [0, 0.05) is 12.5 Å². The summed E-state index contributed by atoms with van der Waals surface area (Å²) in [5.41, 5.74) is 4.96. The Kier molecular flexibility index (Phi) is 5.21. The van der Waals surface area contributed by atoms with Gasteiger partial charge in [-0.2, -0.15) is 0 Å². The van der Waals surface area contributed by atoms with E-state index in [4.69, 9.17) is 5.73 Å². The van der Waals surface area contributed by atoms with Crippen molar-refractivity contribution < 1.29 is 13.6 Å². The molecule has 2 nitrogen and oxygen atoms in total. The molecule has 2 N–H and O–H groups in total. The summed E-state index contributed by atoms with van der Waals surface area (Å²) in [5, 5.41) is 0. The third kappa shape index (κ3) is 3.10. The van der Waals surface area contributed by atoms with E-state index in [0.717, 1.165) is 12.5 Å². The lowest BCUT2D eigenvalue weighted by molar-refractivity contribution is 0.0908. The normalized spacial score (nSPS) is 12.5. The molecule has 0 radical (unpaired) electrons. The molecule has 0 saturated heterocycles. The van der Waals surface area contributed by atoms with Crippen molar-refractivity contribution in [2.24, 2.45) is 11.7 Å². The topological polar surface area (TPSA) is 43.1 Å². The molecule has 1 atom stereocenters. The quantitative estimate of drug-likeness (QED) is 0.670. The predicted octanol–water partition coefficient (Wildman–Crippen LogP) is 3.29. The van der Waals surface area contributed by atoms with Gasteiger partial charge < -0.3 is 5.73 Å². The van der Waals surface area contributed by atoms with Crippen LogP contribution in [0, 0.1) is 17.6 Å². The van der Waals surface area contributed by atoms with Crippen LogP contribution >= 0.6 is 15.9 Å². The van der Waals surface area contributed by atoms with Gasteiger partial charge in [-0.05, 0) is 34.5 Å². The van der Waals surface area contributed by atoms with Crippen LogP contribution in [0.15, 0.2) is 16.6 Å². The van der Waals surface area contributed by atoms with Crippen molar-refractivity contribution in [3.05, 3.63) is 33.8 Å². The largest absolute Gasteiger partial charge is 0.330 e. The molecule has 0 saturated carbocycles. The third-order valence-corrected chi connectivity index (χ3v) is 3.20. The lowest BCUT2D eigenvalue weighted by atomic mass is 9.93. The Labute approximate surface area is 107 Å². The minimum absolute atomic E-state index is 0.0783. The molecule has 0 aliphatic rings. The average Bonchev–Trinajstić information content (AvgIpc) is 2.31. The zero-order valence-electron chi connectivity index (χ0n) is 9.47. The summed E-state index contributed by atoms with van der Waals surface area (Å²) in [4.78, 5) is 12.0. The minimum atomic E-state index is -0.857. The molecule has 1 unspecified atom stereocenters. The first kappa shape index (κ1) is 14.3. The van der Waals surface area contributed by atoms with E-state index in [-0.39, 0.29) is 11.0 Å². The maximum absolute atomic E-state index is 13.7. The second kappa shape index (κ2) is 6.21. The number of benzene rings is 1. The van der Waals surface area contributed by atoms with E-state index in [1.54, 1.807) is 0 Å². The molecule has 1 rings (SSSR count). The molecule has 1 aromatic rings. The van der Waals surface area contributed by atoms with Crippen molar-refractivity contribution in [3.8, 4) is 0 Å². The number of halogens is 3. The summed E-state index contributed by atoms with van der Waals surface area (Å²) in [6.07, 6.45) is 1.27. The number of carbonyl (C=O) groups is 1. The van der Waals surface area contributed by atoms with Crippen LogP contribution in [-0.4, -0.2) is 12.3 Å². The van der Waals surface area contributed by atoms with E-state index in [0.29, 0.717) is 6.42 Å². The molecule has 1 aromatic carbocycles. The molecule has 0 aliphatic heterocycles. The fourth-order valence-electron chi connectivity index (χ4n) is 1.66. The van der Waals surface area contributed by atoms with E-state index in [2.05, 4.69) is 15.9 Å². The number of Topliss-reactive ketones (excluding diaryl/α,β-unsaturated/α-hetero) is 1. The van der Waals surface area contributed by atoms with Crippen LogP contribution in [0.1, 0.15) is 30.1 Å². The lowest BCUT2D eigenvalue weighted by Crippen LogP contribution is -2.25. The summed E-state index contributed by atoms with van der Waals surface area (Å²) in [6, 6.07) is 2.30. The van der Waals surface area contributed by atoms with Gasteiger partial charge in [-0.1, -0.05) is 13.3 Å². The van der Waals surface area contributed by atoms with E-state index >= 15 is 0 Å². The highest BCUT2D eigenvalue weighted by Crippen LogP contribution is 2.25. The Morgan fingerprint density at radius 2 is 2.12 bits per heavy atom. The van der Waals surface area contributed by atoms with Gasteiger partial charge in [0.05, 0.1) is 10.0 Å². The Morgan fingerprint density at radius 1 is 1.47 bits per heavy atom. The van der Waals surface area contributed by atoms with Crippen molar-refractivity contribution in [3.63, 3.8) is 0 Å². The summed E-state index contributed by atoms with van der Waals surface area (Å²) in [6.45, 7) is 1.99. The molecule has 0 fully saturated rings. The highest BCUT2D eigenvalue weighted by atomic mass is 79.9. The SMILES string of the molecule is CCCC(CN)C(=O)c1c(F)ccc(Br)c1F. The van der Waals surface area contributed by atoms with Crippen LogP contribution in [-0.2, 0) is 0 Å².